The van der Waals surface area contributed by atoms with Crippen LogP contribution in [-0.4, -0.2) is 37.1 Å². The van der Waals surface area contributed by atoms with E-state index >= 15 is 0 Å². The van der Waals surface area contributed by atoms with Crippen LogP contribution in [0.3, 0.4) is 0 Å². The number of halogens is 2. The first-order chi connectivity index (χ1) is 14.4. The molecule has 0 saturated heterocycles. The van der Waals surface area contributed by atoms with Crippen molar-refractivity contribution >= 4 is 63.3 Å². The zero-order valence-electron chi connectivity index (χ0n) is 15.8. The second-order valence-electron chi connectivity index (χ2n) is 7.16. The van der Waals surface area contributed by atoms with E-state index in [4.69, 9.17) is 34.0 Å². The molecular formula is C19H19Cl2N7O2. The first-order valence-corrected chi connectivity index (χ1v) is 10.1. The molecule has 3 aromatic rings. The average molecular weight is 448 g/mol. The molecular weight excluding hydrogens is 429 g/mol. The fourth-order valence-electron chi connectivity index (χ4n) is 3.48. The molecule has 11 heteroatoms. The summed E-state index contributed by atoms with van der Waals surface area (Å²) in [5.74, 6) is -0.0982. The Bertz CT molecular complexity index is 1080. The third-order valence-electron chi connectivity index (χ3n) is 5.13. The first kappa shape index (κ1) is 20.4. The van der Waals surface area contributed by atoms with E-state index in [0.29, 0.717) is 57.1 Å². The third-order valence-corrected chi connectivity index (χ3v) is 5.75. The van der Waals surface area contributed by atoms with Gasteiger partial charge in [-0.1, -0.05) is 23.2 Å². The SMILES string of the molecule is Nc1c(Cl)cc(Nc2ncnc3cnc(NC4CCC(C(=O)O)CC4)nc23)cc1Cl. The summed E-state index contributed by atoms with van der Waals surface area (Å²) >= 11 is 12.2. The minimum Gasteiger partial charge on any atom is -0.481 e. The molecule has 0 atom stereocenters. The van der Waals surface area contributed by atoms with Gasteiger partial charge in [0, 0.05) is 11.7 Å². The molecule has 0 bridgehead atoms. The number of anilines is 4. The van der Waals surface area contributed by atoms with Crippen LogP contribution in [0.15, 0.2) is 24.7 Å². The summed E-state index contributed by atoms with van der Waals surface area (Å²) in [4.78, 5) is 28.5. The number of benzene rings is 1. The highest BCUT2D eigenvalue weighted by Gasteiger charge is 2.26. The van der Waals surface area contributed by atoms with Gasteiger partial charge >= 0.3 is 5.97 Å². The zero-order valence-corrected chi connectivity index (χ0v) is 17.3. The Labute approximate surface area is 182 Å². The number of rotatable bonds is 5. The number of nitrogen functional groups attached to an aromatic ring is 1. The van der Waals surface area contributed by atoms with Crippen LogP contribution in [0.25, 0.3) is 11.0 Å². The van der Waals surface area contributed by atoms with Crippen molar-refractivity contribution in [3.8, 4) is 0 Å². The van der Waals surface area contributed by atoms with Gasteiger partial charge in [0.1, 0.15) is 17.4 Å². The minimum atomic E-state index is -0.730. The van der Waals surface area contributed by atoms with E-state index in [-0.39, 0.29) is 12.0 Å². The number of nitrogens with zero attached hydrogens (tertiary/aromatic N) is 4. The molecule has 1 aliphatic rings. The summed E-state index contributed by atoms with van der Waals surface area (Å²) in [6.45, 7) is 0. The summed E-state index contributed by atoms with van der Waals surface area (Å²) in [5, 5.41) is 16.2. The van der Waals surface area contributed by atoms with Crippen molar-refractivity contribution in [3.63, 3.8) is 0 Å². The lowest BCUT2D eigenvalue weighted by Gasteiger charge is -2.26. The number of hydrogen-bond acceptors (Lipinski definition) is 8. The van der Waals surface area contributed by atoms with Crippen LogP contribution >= 0.6 is 23.2 Å². The highest BCUT2D eigenvalue weighted by molar-refractivity contribution is 6.39. The van der Waals surface area contributed by atoms with E-state index in [1.165, 1.54) is 6.33 Å². The van der Waals surface area contributed by atoms with Crippen molar-refractivity contribution in [1.29, 1.82) is 0 Å². The van der Waals surface area contributed by atoms with Crippen LogP contribution in [0.4, 0.5) is 23.1 Å². The third kappa shape index (κ3) is 4.31. The van der Waals surface area contributed by atoms with Crippen LogP contribution in [0.5, 0.6) is 0 Å². The summed E-state index contributed by atoms with van der Waals surface area (Å²) in [5.41, 5.74) is 7.80. The molecule has 1 saturated carbocycles. The fourth-order valence-corrected chi connectivity index (χ4v) is 3.96. The number of aromatic nitrogens is 4. The van der Waals surface area contributed by atoms with E-state index < -0.39 is 5.97 Å². The van der Waals surface area contributed by atoms with Crippen LogP contribution in [0, 0.1) is 5.92 Å². The topological polar surface area (TPSA) is 139 Å². The zero-order chi connectivity index (χ0) is 21.3. The van der Waals surface area contributed by atoms with Crippen molar-refractivity contribution in [2.24, 2.45) is 5.92 Å². The molecule has 30 heavy (non-hydrogen) atoms. The lowest BCUT2D eigenvalue weighted by Crippen LogP contribution is -2.29. The second kappa shape index (κ2) is 8.45. The van der Waals surface area contributed by atoms with Gasteiger partial charge in [0.2, 0.25) is 5.95 Å². The molecule has 0 unspecified atom stereocenters. The number of carbonyl (C=O) groups is 1. The Kier molecular flexibility index (Phi) is 5.74. The summed E-state index contributed by atoms with van der Waals surface area (Å²) in [7, 11) is 0. The number of fused-ring (bicyclic) bond motifs is 1. The molecule has 2 aromatic heterocycles. The molecule has 5 N–H and O–H groups in total. The Morgan fingerprint density at radius 1 is 1.10 bits per heavy atom. The van der Waals surface area contributed by atoms with Gasteiger partial charge in [0.15, 0.2) is 5.82 Å². The molecule has 156 valence electrons. The van der Waals surface area contributed by atoms with Gasteiger partial charge in [0.05, 0.1) is 27.8 Å². The van der Waals surface area contributed by atoms with E-state index in [1.807, 2.05) is 0 Å². The Balaban J connectivity index is 1.56. The molecule has 4 rings (SSSR count). The minimum absolute atomic E-state index is 0.119. The lowest BCUT2D eigenvalue weighted by molar-refractivity contribution is -0.142. The second-order valence-corrected chi connectivity index (χ2v) is 7.97. The van der Waals surface area contributed by atoms with Crippen molar-refractivity contribution in [3.05, 3.63) is 34.7 Å². The van der Waals surface area contributed by atoms with E-state index in [1.54, 1.807) is 18.3 Å². The molecule has 0 radical (unpaired) electrons. The monoisotopic (exact) mass is 447 g/mol. The van der Waals surface area contributed by atoms with Crippen molar-refractivity contribution in [1.82, 2.24) is 19.9 Å². The van der Waals surface area contributed by atoms with Crippen LogP contribution in [0.2, 0.25) is 10.0 Å². The maximum atomic E-state index is 11.1. The first-order valence-electron chi connectivity index (χ1n) is 9.39. The maximum absolute atomic E-state index is 11.1. The molecule has 0 spiro atoms. The van der Waals surface area contributed by atoms with Gasteiger partial charge in [-0.25, -0.2) is 19.9 Å². The highest BCUT2D eigenvalue weighted by atomic mass is 35.5. The van der Waals surface area contributed by atoms with Gasteiger partial charge in [-0.3, -0.25) is 4.79 Å². The molecule has 0 amide bonds. The molecule has 1 aromatic carbocycles. The van der Waals surface area contributed by atoms with Crippen molar-refractivity contribution in [2.45, 2.75) is 31.7 Å². The van der Waals surface area contributed by atoms with Crippen molar-refractivity contribution in [2.75, 3.05) is 16.4 Å². The number of carboxylic acid groups (broad SMARTS) is 1. The van der Waals surface area contributed by atoms with Gasteiger partial charge in [-0.05, 0) is 37.8 Å². The molecule has 0 aliphatic heterocycles. The number of nitrogens with one attached hydrogen (secondary N) is 2. The van der Waals surface area contributed by atoms with Crippen molar-refractivity contribution < 1.29 is 9.90 Å². The Morgan fingerprint density at radius 2 is 1.80 bits per heavy atom. The molecule has 2 heterocycles. The van der Waals surface area contributed by atoms with Gasteiger partial charge < -0.3 is 21.5 Å². The lowest BCUT2D eigenvalue weighted by atomic mass is 9.86. The van der Waals surface area contributed by atoms with Crippen LogP contribution in [0.1, 0.15) is 25.7 Å². The summed E-state index contributed by atoms with van der Waals surface area (Å²) in [6.07, 6.45) is 5.79. The largest absolute Gasteiger partial charge is 0.481 e. The maximum Gasteiger partial charge on any atom is 0.306 e. The van der Waals surface area contributed by atoms with E-state index in [9.17, 15) is 4.79 Å². The Morgan fingerprint density at radius 3 is 2.47 bits per heavy atom. The van der Waals surface area contributed by atoms with Crippen LogP contribution in [-0.2, 0) is 4.79 Å². The number of carboxylic acids is 1. The predicted molar refractivity (Wildman–Crippen MR) is 116 cm³/mol. The molecule has 1 fully saturated rings. The number of hydrogen-bond donors (Lipinski definition) is 4. The summed E-state index contributed by atoms with van der Waals surface area (Å²) in [6, 6.07) is 3.42. The quantitative estimate of drug-likeness (QED) is 0.425. The number of nitrogens with two attached hydrogens (primary N) is 1. The number of aliphatic carboxylic acids is 1. The highest BCUT2D eigenvalue weighted by Crippen LogP contribution is 2.33. The van der Waals surface area contributed by atoms with Crippen LogP contribution < -0.4 is 16.4 Å². The van der Waals surface area contributed by atoms with E-state index in [0.717, 1.165) is 12.8 Å². The predicted octanol–water partition coefficient (Wildman–Crippen LogP) is 4.11. The standard InChI is InChI=1S/C19H19Cl2N7O2/c20-12-5-11(6-13(21)15(12)22)26-17-16-14(24-8-25-17)7-23-19(28-16)27-10-3-1-9(2-4-10)18(29)30/h5-10H,1-4,22H2,(H,29,30)(H,23,27,28)(H,24,25,26). The normalized spacial score (nSPS) is 18.9. The van der Waals surface area contributed by atoms with Gasteiger partial charge in [-0.2, -0.15) is 0 Å². The van der Waals surface area contributed by atoms with E-state index in [2.05, 4.69) is 30.6 Å². The Hall–Kier alpha value is -2.91. The molecule has 9 nitrogen and oxygen atoms in total. The summed E-state index contributed by atoms with van der Waals surface area (Å²) < 4.78 is 0. The average Bonchev–Trinajstić information content (AvgIpc) is 2.73. The van der Waals surface area contributed by atoms with Gasteiger partial charge in [0.25, 0.3) is 0 Å². The molecule has 1 aliphatic carbocycles. The smallest absolute Gasteiger partial charge is 0.306 e. The van der Waals surface area contributed by atoms with Gasteiger partial charge in [-0.15, -0.1) is 0 Å². The fraction of sp³-hybridized carbons (Fsp3) is 0.316.